The molecule has 3 aromatic rings. The third-order valence-corrected chi connectivity index (χ3v) is 6.13. The van der Waals surface area contributed by atoms with Gasteiger partial charge in [0.15, 0.2) is 6.10 Å². The van der Waals surface area contributed by atoms with Crippen LogP contribution in [0.15, 0.2) is 77.8 Å². The van der Waals surface area contributed by atoms with E-state index in [0.717, 1.165) is 5.56 Å². The summed E-state index contributed by atoms with van der Waals surface area (Å²) >= 11 is 12.6. The molecule has 0 saturated heterocycles. The Morgan fingerprint density at radius 2 is 1.79 bits per heavy atom. The Morgan fingerprint density at radius 3 is 2.44 bits per heavy atom. The van der Waals surface area contributed by atoms with Crippen molar-refractivity contribution in [1.82, 2.24) is 0 Å². The van der Waals surface area contributed by atoms with E-state index in [0.29, 0.717) is 39.9 Å². The maximum atomic E-state index is 12.8. The van der Waals surface area contributed by atoms with Crippen LogP contribution in [0.1, 0.15) is 29.2 Å². The highest BCUT2D eigenvalue weighted by molar-refractivity contribution is 6.35. The Bertz CT molecular complexity index is 1180. The zero-order chi connectivity index (χ0) is 24.1. The van der Waals surface area contributed by atoms with Crippen molar-refractivity contribution >= 4 is 35.1 Å². The first kappa shape index (κ1) is 24.1. The molecular weight excluding hydrogens is 477 g/mol. The summed E-state index contributed by atoms with van der Waals surface area (Å²) in [5.74, 6) is -0.288. The summed E-state index contributed by atoms with van der Waals surface area (Å²) in [5.41, 5.74) is 0.277. The predicted octanol–water partition coefficient (Wildman–Crippen LogP) is 5.34. The van der Waals surface area contributed by atoms with E-state index in [9.17, 15) is 9.90 Å². The molecule has 6 nitrogen and oxygen atoms in total. The first-order chi connectivity index (χ1) is 16.4. The van der Waals surface area contributed by atoms with Crippen LogP contribution in [-0.2, 0) is 16.0 Å². The molecule has 0 aromatic heterocycles. The highest BCUT2D eigenvalue weighted by atomic mass is 35.5. The lowest BCUT2D eigenvalue weighted by Gasteiger charge is -2.28. The molecule has 2 N–H and O–H groups in total. The summed E-state index contributed by atoms with van der Waals surface area (Å²) in [6, 6.07) is 21.2. The van der Waals surface area contributed by atoms with Gasteiger partial charge < -0.3 is 19.7 Å². The van der Waals surface area contributed by atoms with Gasteiger partial charge in [-0.05, 0) is 42.0 Å². The highest BCUT2D eigenvalue weighted by Crippen LogP contribution is 2.45. The number of nitrogens with zero attached hydrogens (tertiary/aromatic N) is 1. The van der Waals surface area contributed by atoms with Crippen molar-refractivity contribution in [3.05, 3.63) is 99.5 Å². The second-order valence-electron chi connectivity index (χ2n) is 7.92. The van der Waals surface area contributed by atoms with Crippen LogP contribution in [0.3, 0.4) is 0 Å². The summed E-state index contributed by atoms with van der Waals surface area (Å²) in [6.07, 6.45) is -0.328. The van der Waals surface area contributed by atoms with Crippen molar-refractivity contribution < 1.29 is 24.5 Å². The van der Waals surface area contributed by atoms with Crippen LogP contribution in [0.2, 0.25) is 10.0 Å². The first-order valence-corrected chi connectivity index (χ1v) is 11.5. The van der Waals surface area contributed by atoms with E-state index < -0.39 is 17.6 Å². The molecule has 0 saturated carbocycles. The third kappa shape index (κ3) is 5.04. The molecule has 0 unspecified atom stereocenters. The molecule has 1 aliphatic heterocycles. The van der Waals surface area contributed by atoms with Crippen molar-refractivity contribution in [2.75, 3.05) is 13.2 Å². The Hall–Kier alpha value is -3.06. The molecule has 0 spiro atoms. The van der Waals surface area contributed by atoms with E-state index >= 15 is 0 Å². The summed E-state index contributed by atoms with van der Waals surface area (Å²) in [4.78, 5) is 17.4. The Morgan fingerprint density at radius 1 is 1.06 bits per heavy atom. The molecule has 2 atom stereocenters. The number of benzene rings is 3. The minimum atomic E-state index is -1.63. The van der Waals surface area contributed by atoms with Gasteiger partial charge in [-0.25, -0.2) is 9.79 Å². The van der Waals surface area contributed by atoms with E-state index in [2.05, 4.69) is 4.99 Å². The molecule has 1 heterocycles. The van der Waals surface area contributed by atoms with Crippen LogP contribution in [0.25, 0.3) is 0 Å². The number of hydrogen-bond acceptors (Lipinski definition) is 5. The minimum absolute atomic E-state index is 0.0516. The molecule has 4 rings (SSSR count). The fourth-order valence-corrected chi connectivity index (χ4v) is 4.37. The van der Waals surface area contributed by atoms with Gasteiger partial charge >= 0.3 is 5.97 Å². The smallest absolute Gasteiger partial charge is 0.336 e. The predicted molar refractivity (Wildman–Crippen MR) is 131 cm³/mol. The second-order valence-corrected chi connectivity index (χ2v) is 8.77. The standard InChI is InChI=1S/C26H23Cl2NO5/c27-19-9-12-21(22(28)15-19)23-26(25(31)32,16-17-5-2-1-3-6-17)29-24(34-23)18-7-10-20(11-8-18)33-14-4-13-30/h1-3,5-12,15,23,30H,4,13-14,16H2,(H,31,32)/t23-,26-/m1/s1. The van der Waals surface area contributed by atoms with E-state index in [1.807, 2.05) is 30.3 Å². The van der Waals surface area contributed by atoms with Gasteiger partial charge in [-0.2, -0.15) is 0 Å². The largest absolute Gasteiger partial charge is 0.494 e. The third-order valence-electron chi connectivity index (χ3n) is 5.57. The van der Waals surface area contributed by atoms with Crippen LogP contribution in [0, 0.1) is 0 Å². The molecule has 8 heteroatoms. The van der Waals surface area contributed by atoms with Gasteiger partial charge in [0.05, 0.1) is 6.61 Å². The number of aliphatic imine (C=N–C) groups is 1. The maximum absolute atomic E-state index is 12.8. The SMILES string of the molecule is O=C(O)[C@]1(Cc2ccccc2)N=C(c2ccc(OCCCO)cc2)O[C@@H]1c1ccc(Cl)cc1Cl. The van der Waals surface area contributed by atoms with Crippen molar-refractivity contribution in [2.24, 2.45) is 4.99 Å². The van der Waals surface area contributed by atoms with Crippen LogP contribution in [0.5, 0.6) is 5.75 Å². The second kappa shape index (κ2) is 10.5. The lowest BCUT2D eigenvalue weighted by Crippen LogP contribution is -2.43. The molecule has 0 aliphatic carbocycles. The number of rotatable bonds is 9. The van der Waals surface area contributed by atoms with Gasteiger partial charge in [-0.3, -0.25) is 0 Å². The summed E-state index contributed by atoms with van der Waals surface area (Å²) < 4.78 is 11.8. The van der Waals surface area contributed by atoms with E-state index in [1.54, 1.807) is 42.5 Å². The molecule has 176 valence electrons. The van der Waals surface area contributed by atoms with Gasteiger partial charge in [0, 0.05) is 40.6 Å². The van der Waals surface area contributed by atoms with Crippen molar-refractivity contribution in [1.29, 1.82) is 0 Å². The molecule has 34 heavy (non-hydrogen) atoms. The lowest BCUT2D eigenvalue weighted by atomic mass is 9.83. The van der Waals surface area contributed by atoms with Gasteiger partial charge in [-0.15, -0.1) is 0 Å². The molecule has 1 aliphatic rings. The van der Waals surface area contributed by atoms with Crippen LogP contribution < -0.4 is 4.74 Å². The molecule has 0 bridgehead atoms. The van der Waals surface area contributed by atoms with Crippen molar-refractivity contribution in [3.8, 4) is 5.75 Å². The van der Waals surface area contributed by atoms with Gasteiger partial charge in [0.25, 0.3) is 0 Å². The number of halogens is 2. The fourth-order valence-electron chi connectivity index (χ4n) is 3.87. The minimum Gasteiger partial charge on any atom is -0.494 e. The Kier molecular flexibility index (Phi) is 7.41. The normalized spacial score (nSPS) is 19.4. The number of carboxylic acids is 1. The monoisotopic (exact) mass is 499 g/mol. The summed E-state index contributed by atoms with van der Waals surface area (Å²) in [5, 5.41) is 20.1. The summed E-state index contributed by atoms with van der Waals surface area (Å²) in [7, 11) is 0. The van der Waals surface area contributed by atoms with Gasteiger partial charge in [-0.1, -0.05) is 59.6 Å². The maximum Gasteiger partial charge on any atom is 0.336 e. The number of carbonyl (C=O) groups is 1. The average molecular weight is 500 g/mol. The molecule has 0 radical (unpaired) electrons. The molecule has 3 aromatic carbocycles. The Labute approximate surface area is 207 Å². The number of ether oxygens (including phenoxy) is 2. The lowest BCUT2D eigenvalue weighted by molar-refractivity contribution is -0.146. The van der Waals surface area contributed by atoms with Crippen molar-refractivity contribution in [3.63, 3.8) is 0 Å². The van der Waals surface area contributed by atoms with Crippen LogP contribution in [0.4, 0.5) is 0 Å². The molecular formula is C26H23Cl2NO5. The number of aliphatic hydroxyl groups excluding tert-OH is 1. The van der Waals surface area contributed by atoms with Crippen molar-refractivity contribution in [2.45, 2.75) is 24.5 Å². The fraction of sp³-hybridized carbons (Fsp3) is 0.231. The quantitative estimate of drug-likeness (QED) is 0.388. The highest BCUT2D eigenvalue weighted by Gasteiger charge is 2.54. The zero-order valence-corrected chi connectivity index (χ0v) is 19.7. The summed E-state index contributed by atoms with van der Waals surface area (Å²) in [6.45, 7) is 0.444. The Balaban J connectivity index is 1.74. The van der Waals surface area contributed by atoms with E-state index in [4.69, 9.17) is 37.8 Å². The van der Waals surface area contributed by atoms with Gasteiger partial charge in [0.1, 0.15) is 5.75 Å². The number of hydrogen-bond donors (Lipinski definition) is 2. The topological polar surface area (TPSA) is 88.4 Å². The number of aliphatic hydroxyl groups is 1. The number of carboxylic acid groups (broad SMARTS) is 1. The number of aliphatic carboxylic acids is 1. The molecule has 0 amide bonds. The van der Waals surface area contributed by atoms with Crippen LogP contribution in [-0.4, -0.2) is 40.8 Å². The molecule has 0 fully saturated rings. The van der Waals surface area contributed by atoms with E-state index in [-0.39, 0.29) is 18.9 Å². The first-order valence-electron chi connectivity index (χ1n) is 10.8. The zero-order valence-electron chi connectivity index (χ0n) is 18.2. The van der Waals surface area contributed by atoms with E-state index in [1.165, 1.54) is 0 Å². The average Bonchev–Trinajstić information content (AvgIpc) is 3.21. The van der Waals surface area contributed by atoms with Gasteiger partial charge in [0.2, 0.25) is 11.4 Å². The van der Waals surface area contributed by atoms with Crippen LogP contribution >= 0.6 is 23.2 Å².